The molecule has 6 nitrogen and oxygen atoms in total. The fourth-order valence-electron chi connectivity index (χ4n) is 4.56. The maximum absolute atomic E-state index is 14.4. The first-order chi connectivity index (χ1) is 15.5. The van der Waals surface area contributed by atoms with Crippen LogP contribution in [0.4, 0.5) is 4.39 Å². The molecule has 2 aromatic carbocycles. The number of aromatic nitrogens is 3. The van der Waals surface area contributed by atoms with Gasteiger partial charge in [0.2, 0.25) is 0 Å². The van der Waals surface area contributed by atoms with E-state index in [2.05, 4.69) is 25.4 Å². The molecule has 0 radical (unpaired) electrons. The third-order valence-corrected chi connectivity index (χ3v) is 6.12. The van der Waals surface area contributed by atoms with Gasteiger partial charge in [-0.3, -0.25) is 14.9 Å². The minimum atomic E-state index is -0.232. The lowest BCUT2D eigenvalue weighted by molar-refractivity contribution is 0.0935. The van der Waals surface area contributed by atoms with Crippen LogP contribution in [0.2, 0.25) is 0 Å². The van der Waals surface area contributed by atoms with Crippen molar-refractivity contribution in [1.82, 2.24) is 25.4 Å². The van der Waals surface area contributed by atoms with Gasteiger partial charge in [-0.15, -0.1) is 0 Å². The van der Waals surface area contributed by atoms with E-state index in [1.807, 2.05) is 44.3 Å². The molecule has 3 heterocycles. The van der Waals surface area contributed by atoms with Crippen LogP contribution in [0.25, 0.3) is 22.2 Å². The van der Waals surface area contributed by atoms with Crippen molar-refractivity contribution in [3.63, 3.8) is 0 Å². The fourth-order valence-corrected chi connectivity index (χ4v) is 4.56. The standard InChI is InChI=1S/C25H24FN5O/c1-15-11-16(9-10-27-15)24-19-12-17(7-8-22(19)29-30-24)25(32)28-23-14-31(2)13-20(23)18-5-3-4-6-21(18)26/h3-12,20,23H,13-14H2,1-2H3,(H,28,32)(H,29,30)/t20-,23+/m0/s1. The molecule has 7 heteroatoms. The van der Waals surface area contributed by atoms with Gasteiger partial charge in [-0.05, 0) is 55.9 Å². The van der Waals surface area contributed by atoms with Crippen molar-refractivity contribution in [3.05, 3.63) is 83.4 Å². The zero-order valence-corrected chi connectivity index (χ0v) is 18.0. The summed E-state index contributed by atoms with van der Waals surface area (Å²) in [6.07, 6.45) is 1.75. The maximum atomic E-state index is 14.4. The summed E-state index contributed by atoms with van der Waals surface area (Å²) in [6, 6.07) is 16.0. The number of benzene rings is 2. The van der Waals surface area contributed by atoms with Crippen molar-refractivity contribution in [2.45, 2.75) is 18.9 Å². The summed E-state index contributed by atoms with van der Waals surface area (Å²) in [5.41, 5.74) is 4.67. The summed E-state index contributed by atoms with van der Waals surface area (Å²) < 4.78 is 14.4. The Hall–Kier alpha value is -3.58. The monoisotopic (exact) mass is 429 g/mol. The van der Waals surface area contributed by atoms with Gasteiger partial charge in [0.1, 0.15) is 11.5 Å². The summed E-state index contributed by atoms with van der Waals surface area (Å²) in [6.45, 7) is 3.29. The lowest BCUT2D eigenvalue weighted by atomic mass is 9.93. The van der Waals surface area contributed by atoms with Crippen molar-refractivity contribution in [2.24, 2.45) is 0 Å². The van der Waals surface area contributed by atoms with Crippen LogP contribution in [-0.2, 0) is 0 Å². The average Bonchev–Trinajstić information content (AvgIpc) is 3.36. The molecular formula is C25H24FN5O. The van der Waals surface area contributed by atoms with Gasteiger partial charge < -0.3 is 10.2 Å². The third-order valence-electron chi connectivity index (χ3n) is 6.12. The van der Waals surface area contributed by atoms with Gasteiger partial charge in [-0.25, -0.2) is 4.39 Å². The number of carbonyl (C=O) groups is 1. The van der Waals surface area contributed by atoms with Gasteiger partial charge >= 0.3 is 0 Å². The lowest BCUT2D eigenvalue weighted by Crippen LogP contribution is -2.39. The summed E-state index contributed by atoms with van der Waals surface area (Å²) in [4.78, 5) is 19.5. The highest BCUT2D eigenvalue weighted by atomic mass is 19.1. The minimum absolute atomic E-state index is 0.0989. The first kappa shape index (κ1) is 20.3. The van der Waals surface area contributed by atoms with Crippen LogP contribution in [0.3, 0.4) is 0 Å². The van der Waals surface area contributed by atoms with Crippen molar-refractivity contribution in [3.8, 4) is 11.3 Å². The van der Waals surface area contributed by atoms with Crippen molar-refractivity contribution < 1.29 is 9.18 Å². The molecular weight excluding hydrogens is 405 g/mol. The Labute approximate surface area is 185 Å². The Balaban J connectivity index is 1.43. The van der Waals surface area contributed by atoms with Gasteiger partial charge in [-0.1, -0.05) is 18.2 Å². The lowest BCUT2D eigenvalue weighted by Gasteiger charge is -2.21. The van der Waals surface area contributed by atoms with Gasteiger partial charge in [0.05, 0.1) is 5.52 Å². The van der Waals surface area contributed by atoms with E-state index < -0.39 is 0 Å². The van der Waals surface area contributed by atoms with E-state index >= 15 is 0 Å². The van der Waals surface area contributed by atoms with Crippen molar-refractivity contribution in [1.29, 1.82) is 0 Å². The number of aryl methyl sites for hydroxylation is 1. The maximum Gasteiger partial charge on any atom is 0.251 e. The van der Waals surface area contributed by atoms with Crippen LogP contribution in [0.1, 0.15) is 27.5 Å². The number of aromatic amines is 1. The molecule has 4 aromatic rings. The number of carbonyl (C=O) groups excluding carboxylic acids is 1. The molecule has 32 heavy (non-hydrogen) atoms. The van der Waals surface area contributed by atoms with Crippen LogP contribution in [-0.4, -0.2) is 52.2 Å². The van der Waals surface area contributed by atoms with Crippen LogP contribution in [0, 0.1) is 12.7 Å². The van der Waals surface area contributed by atoms with Gasteiger partial charge in [0, 0.05) is 53.5 Å². The average molecular weight is 429 g/mol. The van der Waals surface area contributed by atoms with E-state index in [9.17, 15) is 9.18 Å². The zero-order valence-electron chi connectivity index (χ0n) is 18.0. The predicted octanol–water partition coefficient (Wildman–Crippen LogP) is 3.90. The van der Waals surface area contributed by atoms with E-state index in [4.69, 9.17) is 0 Å². The summed E-state index contributed by atoms with van der Waals surface area (Å²) in [7, 11) is 1.99. The Bertz CT molecular complexity index is 1300. The van der Waals surface area contributed by atoms with Crippen LogP contribution in [0.15, 0.2) is 60.8 Å². The molecule has 2 N–H and O–H groups in total. The molecule has 1 aliphatic heterocycles. The summed E-state index contributed by atoms with van der Waals surface area (Å²) in [5.74, 6) is -0.506. The third kappa shape index (κ3) is 3.76. The quantitative estimate of drug-likeness (QED) is 0.516. The smallest absolute Gasteiger partial charge is 0.251 e. The van der Waals surface area contributed by atoms with E-state index in [1.54, 1.807) is 24.4 Å². The Kier molecular flexibility index (Phi) is 5.19. The van der Waals surface area contributed by atoms with Gasteiger partial charge in [0.15, 0.2) is 0 Å². The number of pyridine rings is 1. The minimum Gasteiger partial charge on any atom is -0.347 e. The first-order valence-corrected chi connectivity index (χ1v) is 10.6. The highest BCUT2D eigenvalue weighted by Crippen LogP contribution is 2.30. The van der Waals surface area contributed by atoms with Gasteiger partial charge in [0.25, 0.3) is 5.91 Å². The Morgan fingerprint density at radius 2 is 2.00 bits per heavy atom. The van der Waals surface area contributed by atoms with E-state index in [0.29, 0.717) is 24.2 Å². The fraction of sp³-hybridized carbons (Fsp3) is 0.240. The van der Waals surface area contributed by atoms with Crippen molar-refractivity contribution >= 4 is 16.8 Å². The molecule has 2 aromatic heterocycles. The number of likely N-dealkylation sites (N-methyl/N-ethyl adjacent to an activating group) is 1. The number of likely N-dealkylation sites (tertiary alicyclic amines) is 1. The number of amides is 1. The molecule has 1 aliphatic rings. The molecule has 5 rings (SSSR count). The second-order valence-electron chi connectivity index (χ2n) is 8.45. The number of rotatable bonds is 4. The normalized spacial score (nSPS) is 18.8. The topological polar surface area (TPSA) is 73.9 Å². The number of hydrogen-bond acceptors (Lipinski definition) is 4. The molecule has 1 amide bonds. The Morgan fingerprint density at radius 3 is 2.81 bits per heavy atom. The molecule has 0 unspecified atom stereocenters. The first-order valence-electron chi connectivity index (χ1n) is 10.6. The van der Waals surface area contributed by atoms with Crippen LogP contribution < -0.4 is 5.32 Å². The van der Waals surface area contributed by atoms with Crippen LogP contribution >= 0.6 is 0 Å². The number of fused-ring (bicyclic) bond motifs is 1. The van der Waals surface area contributed by atoms with E-state index in [0.717, 1.165) is 27.9 Å². The number of nitrogens with one attached hydrogen (secondary N) is 2. The summed E-state index contributed by atoms with van der Waals surface area (Å²) >= 11 is 0. The van der Waals surface area contributed by atoms with Gasteiger partial charge in [-0.2, -0.15) is 5.10 Å². The molecule has 1 saturated heterocycles. The molecule has 1 fully saturated rings. The molecule has 162 valence electrons. The highest BCUT2D eigenvalue weighted by Gasteiger charge is 2.34. The number of nitrogens with zero attached hydrogens (tertiary/aromatic N) is 3. The molecule has 0 aliphatic carbocycles. The molecule has 2 atom stereocenters. The zero-order chi connectivity index (χ0) is 22.2. The number of halogens is 1. The molecule has 0 bridgehead atoms. The number of hydrogen-bond donors (Lipinski definition) is 2. The predicted molar refractivity (Wildman–Crippen MR) is 122 cm³/mol. The molecule has 0 spiro atoms. The van der Waals surface area contributed by atoms with E-state index in [-0.39, 0.29) is 23.7 Å². The highest BCUT2D eigenvalue weighted by molar-refractivity contribution is 6.01. The second kappa shape index (κ2) is 8.16. The second-order valence-corrected chi connectivity index (χ2v) is 8.45. The van der Waals surface area contributed by atoms with Crippen LogP contribution in [0.5, 0.6) is 0 Å². The summed E-state index contributed by atoms with van der Waals surface area (Å²) in [5, 5.41) is 11.5. The van der Waals surface area contributed by atoms with Crippen molar-refractivity contribution in [2.75, 3.05) is 20.1 Å². The number of H-pyrrole nitrogens is 1. The SMILES string of the molecule is Cc1cc(-c2n[nH]c3ccc(C(=O)N[C@@H]4CN(C)C[C@H]4c4ccccc4F)cc23)ccn1. The van der Waals surface area contributed by atoms with E-state index in [1.165, 1.54) is 6.07 Å². The molecule has 0 saturated carbocycles. The largest absolute Gasteiger partial charge is 0.347 e. The Morgan fingerprint density at radius 1 is 1.16 bits per heavy atom.